The summed E-state index contributed by atoms with van der Waals surface area (Å²) in [5, 5.41) is 8.04. The first-order valence-corrected chi connectivity index (χ1v) is 9.36. The molecule has 1 aromatic heterocycles. The Balaban J connectivity index is 1.44. The molecule has 3 rings (SSSR count). The predicted octanol–water partition coefficient (Wildman–Crippen LogP) is 2.95. The highest BCUT2D eigenvalue weighted by atomic mass is 32.2. The Bertz CT molecular complexity index is 498. The van der Waals surface area contributed by atoms with Crippen molar-refractivity contribution in [3.8, 4) is 0 Å². The molecule has 0 aliphatic carbocycles. The standard InChI is InChI=1S/C15H22N2O2S2/c1-15(5-2-7-21-15)10-17-14(18)16-9-12-11-4-8-20-13(11)3-6-19-12/h4,8,12H,2-3,5-7,9-10H2,1H3,(H2,16,17,18)/t12-,15+/m1/s1. The minimum Gasteiger partial charge on any atom is -0.371 e. The van der Waals surface area contributed by atoms with Gasteiger partial charge in [-0.2, -0.15) is 11.8 Å². The number of thioether (sulfide) groups is 1. The number of carbonyl (C=O) groups is 1. The average molecular weight is 326 g/mol. The molecule has 2 aliphatic heterocycles. The number of hydrogen-bond donors (Lipinski definition) is 2. The number of hydrogen-bond acceptors (Lipinski definition) is 4. The van der Waals surface area contributed by atoms with Crippen molar-refractivity contribution < 1.29 is 9.53 Å². The molecule has 0 saturated carbocycles. The molecule has 1 fully saturated rings. The third kappa shape index (κ3) is 3.73. The minimum absolute atomic E-state index is 0.00203. The molecule has 2 aliphatic rings. The van der Waals surface area contributed by atoms with Gasteiger partial charge in [0.25, 0.3) is 0 Å². The molecule has 4 nitrogen and oxygen atoms in total. The molecule has 3 heterocycles. The van der Waals surface area contributed by atoms with Crippen LogP contribution >= 0.6 is 23.1 Å². The summed E-state index contributed by atoms with van der Waals surface area (Å²) >= 11 is 3.74. The highest BCUT2D eigenvalue weighted by Crippen LogP contribution is 2.37. The van der Waals surface area contributed by atoms with Gasteiger partial charge in [0.15, 0.2) is 0 Å². The van der Waals surface area contributed by atoms with Crippen molar-refractivity contribution in [2.75, 3.05) is 25.4 Å². The van der Waals surface area contributed by atoms with Crippen LogP contribution in [-0.2, 0) is 11.2 Å². The van der Waals surface area contributed by atoms with Gasteiger partial charge in [0.05, 0.1) is 6.61 Å². The van der Waals surface area contributed by atoms with Crippen molar-refractivity contribution in [1.29, 1.82) is 0 Å². The number of fused-ring (bicyclic) bond motifs is 1. The molecule has 116 valence electrons. The second kappa shape index (κ2) is 6.58. The van der Waals surface area contributed by atoms with Crippen molar-refractivity contribution >= 4 is 29.1 Å². The van der Waals surface area contributed by atoms with Gasteiger partial charge in [-0.1, -0.05) is 0 Å². The monoisotopic (exact) mass is 326 g/mol. The van der Waals surface area contributed by atoms with Gasteiger partial charge in [0.1, 0.15) is 6.10 Å². The molecule has 1 saturated heterocycles. The molecule has 2 amide bonds. The Kier molecular flexibility index (Phi) is 4.76. The van der Waals surface area contributed by atoms with E-state index in [1.807, 2.05) is 11.8 Å². The summed E-state index contributed by atoms with van der Waals surface area (Å²) in [6, 6.07) is 2.02. The fraction of sp³-hybridized carbons (Fsp3) is 0.667. The number of amides is 2. The van der Waals surface area contributed by atoms with Crippen LogP contribution in [0.1, 0.15) is 36.3 Å². The second-order valence-corrected chi connectivity index (χ2v) is 8.56. The summed E-state index contributed by atoms with van der Waals surface area (Å²) in [6.07, 6.45) is 3.43. The Morgan fingerprint density at radius 1 is 1.52 bits per heavy atom. The Hall–Kier alpha value is -0.720. The molecular formula is C15H22N2O2S2. The van der Waals surface area contributed by atoms with Gasteiger partial charge >= 0.3 is 6.03 Å². The summed E-state index contributed by atoms with van der Waals surface area (Å²) in [6.45, 7) is 4.25. The van der Waals surface area contributed by atoms with Gasteiger partial charge in [-0.3, -0.25) is 0 Å². The Morgan fingerprint density at radius 3 is 3.24 bits per heavy atom. The number of nitrogens with one attached hydrogen (secondary N) is 2. The zero-order chi connectivity index (χ0) is 14.7. The molecule has 0 aromatic carbocycles. The zero-order valence-electron chi connectivity index (χ0n) is 12.3. The van der Waals surface area contributed by atoms with Crippen molar-refractivity contribution in [3.05, 3.63) is 21.9 Å². The summed E-state index contributed by atoms with van der Waals surface area (Å²) in [5.41, 5.74) is 1.24. The maximum atomic E-state index is 12.0. The van der Waals surface area contributed by atoms with E-state index >= 15 is 0 Å². The topological polar surface area (TPSA) is 50.4 Å². The molecule has 2 N–H and O–H groups in total. The zero-order valence-corrected chi connectivity index (χ0v) is 13.9. The summed E-state index contributed by atoms with van der Waals surface area (Å²) in [4.78, 5) is 13.3. The van der Waals surface area contributed by atoms with Crippen LogP contribution in [0.2, 0.25) is 0 Å². The van der Waals surface area contributed by atoms with Crippen LogP contribution in [0.3, 0.4) is 0 Å². The Morgan fingerprint density at radius 2 is 2.43 bits per heavy atom. The van der Waals surface area contributed by atoms with E-state index in [0.29, 0.717) is 6.54 Å². The van der Waals surface area contributed by atoms with E-state index in [-0.39, 0.29) is 16.9 Å². The van der Waals surface area contributed by atoms with E-state index in [1.165, 1.54) is 29.0 Å². The molecular weight excluding hydrogens is 304 g/mol. The van der Waals surface area contributed by atoms with E-state index in [9.17, 15) is 4.79 Å². The second-order valence-electron chi connectivity index (χ2n) is 5.87. The first kappa shape index (κ1) is 15.2. The van der Waals surface area contributed by atoms with Crippen LogP contribution < -0.4 is 10.6 Å². The Labute approximate surface area is 134 Å². The maximum absolute atomic E-state index is 12.0. The molecule has 0 unspecified atom stereocenters. The third-order valence-corrected chi connectivity index (χ3v) is 6.68. The van der Waals surface area contributed by atoms with Gasteiger partial charge in [0, 0.05) is 29.1 Å². The smallest absolute Gasteiger partial charge is 0.314 e. The van der Waals surface area contributed by atoms with Gasteiger partial charge in [-0.15, -0.1) is 11.3 Å². The summed E-state index contributed by atoms with van der Waals surface area (Å²) in [7, 11) is 0. The highest BCUT2D eigenvalue weighted by molar-refractivity contribution is 8.00. The van der Waals surface area contributed by atoms with Gasteiger partial charge in [-0.05, 0) is 42.5 Å². The fourth-order valence-corrected chi connectivity index (χ4v) is 5.04. The van der Waals surface area contributed by atoms with Gasteiger partial charge < -0.3 is 15.4 Å². The highest BCUT2D eigenvalue weighted by Gasteiger charge is 2.30. The van der Waals surface area contributed by atoms with Crippen LogP contribution in [0.25, 0.3) is 0 Å². The molecule has 6 heteroatoms. The fourth-order valence-electron chi connectivity index (χ4n) is 2.88. The van der Waals surface area contributed by atoms with E-state index in [2.05, 4.69) is 29.0 Å². The predicted molar refractivity (Wildman–Crippen MR) is 88.2 cm³/mol. The van der Waals surface area contributed by atoms with Crippen LogP contribution in [0.15, 0.2) is 11.4 Å². The van der Waals surface area contributed by atoms with Crippen LogP contribution in [-0.4, -0.2) is 36.2 Å². The lowest BCUT2D eigenvalue weighted by Gasteiger charge is -2.25. The minimum atomic E-state index is -0.0883. The van der Waals surface area contributed by atoms with E-state index in [4.69, 9.17) is 4.74 Å². The SMILES string of the molecule is C[C@@]1(CNC(=O)NC[C@H]2OCCc3sccc32)CCCS1. The van der Waals surface area contributed by atoms with Crippen LogP contribution in [0.4, 0.5) is 4.79 Å². The van der Waals surface area contributed by atoms with E-state index in [0.717, 1.165) is 19.6 Å². The molecule has 1 aromatic rings. The normalized spacial score (nSPS) is 28.1. The lowest BCUT2D eigenvalue weighted by Crippen LogP contribution is -2.44. The van der Waals surface area contributed by atoms with Crippen molar-refractivity contribution in [2.45, 2.75) is 37.0 Å². The molecule has 0 spiro atoms. The van der Waals surface area contributed by atoms with Crippen molar-refractivity contribution in [2.24, 2.45) is 0 Å². The number of carbonyl (C=O) groups excluding carboxylic acids is 1. The molecule has 2 atom stereocenters. The first-order valence-electron chi connectivity index (χ1n) is 7.50. The van der Waals surface area contributed by atoms with E-state index < -0.39 is 0 Å². The number of urea groups is 1. The van der Waals surface area contributed by atoms with Crippen molar-refractivity contribution in [3.63, 3.8) is 0 Å². The molecule has 0 radical (unpaired) electrons. The first-order chi connectivity index (χ1) is 10.2. The lowest BCUT2D eigenvalue weighted by atomic mass is 10.1. The van der Waals surface area contributed by atoms with Crippen molar-refractivity contribution in [1.82, 2.24) is 10.6 Å². The number of rotatable bonds is 4. The summed E-state index contributed by atoms with van der Waals surface area (Å²) in [5.74, 6) is 1.21. The molecule has 21 heavy (non-hydrogen) atoms. The maximum Gasteiger partial charge on any atom is 0.314 e. The van der Waals surface area contributed by atoms with E-state index in [1.54, 1.807) is 11.3 Å². The quantitative estimate of drug-likeness (QED) is 0.894. The number of ether oxygens (including phenoxy) is 1. The average Bonchev–Trinajstić information content (AvgIpc) is 3.12. The van der Waals surface area contributed by atoms with Crippen LogP contribution in [0, 0.1) is 0 Å². The summed E-state index contributed by atoms with van der Waals surface area (Å²) < 4.78 is 5.98. The molecule has 0 bridgehead atoms. The van der Waals surface area contributed by atoms with Gasteiger partial charge in [0.2, 0.25) is 0 Å². The van der Waals surface area contributed by atoms with Crippen LogP contribution in [0.5, 0.6) is 0 Å². The lowest BCUT2D eigenvalue weighted by molar-refractivity contribution is 0.0454. The third-order valence-electron chi connectivity index (χ3n) is 4.15. The van der Waals surface area contributed by atoms with Gasteiger partial charge in [-0.25, -0.2) is 4.79 Å². The largest absolute Gasteiger partial charge is 0.371 e. The number of thiophene rings is 1.